The second kappa shape index (κ2) is 6.19. The molecule has 1 aliphatic heterocycles. The lowest BCUT2D eigenvalue weighted by Gasteiger charge is -2.21. The average Bonchev–Trinajstić information content (AvgIpc) is 3.10. The molecule has 0 saturated carbocycles. The summed E-state index contributed by atoms with van der Waals surface area (Å²) in [5.74, 6) is 2.14. The third kappa shape index (κ3) is 2.76. The van der Waals surface area contributed by atoms with E-state index in [2.05, 4.69) is 27.8 Å². The zero-order chi connectivity index (χ0) is 16.4. The fourth-order valence-electron chi connectivity index (χ4n) is 2.63. The number of benzene rings is 2. The van der Waals surface area contributed by atoms with E-state index in [9.17, 15) is 0 Å². The Morgan fingerprint density at radius 2 is 1.83 bits per heavy atom. The Kier molecular flexibility index (Phi) is 3.74. The van der Waals surface area contributed by atoms with E-state index in [-0.39, 0.29) is 6.04 Å². The number of hydrogen-bond donors (Lipinski definition) is 1. The van der Waals surface area contributed by atoms with Gasteiger partial charge in [-0.25, -0.2) is 0 Å². The summed E-state index contributed by atoms with van der Waals surface area (Å²) in [6.07, 6.45) is 0. The molecule has 1 atom stereocenters. The van der Waals surface area contributed by atoms with Gasteiger partial charge in [0.15, 0.2) is 11.5 Å². The highest BCUT2D eigenvalue weighted by atomic mass is 16.6. The van der Waals surface area contributed by atoms with E-state index in [1.165, 1.54) is 0 Å². The predicted octanol–water partition coefficient (Wildman–Crippen LogP) is 2.61. The quantitative estimate of drug-likeness (QED) is 0.795. The van der Waals surface area contributed by atoms with Crippen molar-refractivity contribution in [2.24, 2.45) is 0 Å². The Hall–Kier alpha value is -3.09. The molecule has 0 radical (unpaired) electrons. The molecule has 0 amide bonds. The van der Waals surface area contributed by atoms with E-state index >= 15 is 0 Å². The van der Waals surface area contributed by atoms with Crippen molar-refractivity contribution in [3.8, 4) is 17.2 Å². The molecular formula is C17H17N5O2. The molecule has 0 fully saturated rings. The topological polar surface area (TPSA) is 74.1 Å². The molecule has 4 rings (SSSR count). The summed E-state index contributed by atoms with van der Waals surface area (Å²) in [5.41, 5.74) is 1.97. The number of nitrogens with zero attached hydrogens (tertiary/aromatic N) is 4. The molecule has 0 bridgehead atoms. The van der Waals surface area contributed by atoms with Crippen LogP contribution in [-0.2, 0) is 0 Å². The van der Waals surface area contributed by atoms with Crippen molar-refractivity contribution in [1.29, 1.82) is 0 Å². The number of aromatic nitrogens is 4. The van der Waals surface area contributed by atoms with Crippen LogP contribution in [0.4, 0.5) is 5.95 Å². The van der Waals surface area contributed by atoms with Crippen molar-refractivity contribution in [3.63, 3.8) is 0 Å². The number of hydrogen-bond acceptors (Lipinski definition) is 6. The first-order valence-electron chi connectivity index (χ1n) is 7.81. The number of rotatable bonds is 4. The Bertz CT molecular complexity index is 834. The zero-order valence-electron chi connectivity index (χ0n) is 13.2. The van der Waals surface area contributed by atoms with Gasteiger partial charge in [0, 0.05) is 0 Å². The summed E-state index contributed by atoms with van der Waals surface area (Å²) in [6.45, 7) is 3.21. The minimum Gasteiger partial charge on any atom is -0.486 e. The van der Waals surface area contributed by atoms with E-state index in [1.54, 1.807) is 4.68 Å². The maximum absolute atomic E-state index is 5.64. The molecule has 0 saturated heterocycles. The van der Waals surface area contributed by atoms with E-state index in [0.29, 0.717) is 19.2 Å². The third-order valence-electron chi connectivity index (χ3n) is 3.88. The molecule has 122 valence electrons. The maximum Gasteiger partial charge on any atom is 0.248 e. The lowest BCUT2D eigenvalue weighted by Crippen LogP contribution is -2.16. The highest BCUT2D eigenvalue weighted by molar-refractivity contribution is 5.46. The van der Waals surface area contributed by atoms with Crippen LogP contribution in [0, 0.1) is 0 Å². The summed E-state index contributed by atoms with van der Waals surface area (Å²) in [4.78, 5) is 0. The van der Waals surface area contributed by atoms with Crippen LogP contribution in [0.1, 0.15) is 18.5 Å². The number of nitrogens with one attached hydrogen (secondary N) is 1. The second-order valence-corrected chi connectivity index (χ2v) is 5.52. The van der Waals surface area contributed by atoms with E-state index in [4.69, 9.17) is 9.47 Å². The van der Waals surface area contributed by atoms with Gasteiger partial charge in [0.2, 0.25) is 5.95 Å². The first-order valence-corrected chi connectivity index (χ1v) is 7.81. The Labute approximate surface area is 139 Å². The van der Waals surface area contributed by atoms with Crippen LogP contribution in [0.3, 0.4) is 0 Å². The summed E-state index contributed by atoms with van der Waals surface area (Å²) >= 11 is 0. The van der Waals surface area contributed by atoms with Crippen molar-refractivity contribution in [2.45, 2.75) is 13.0 Å². The Morgan fingerprint density at radius 1 is 1.04 bits per heavy atom. The number of ether oxygens (including phenoxy) is 2. The van der Waals surface area contributed by atoms with Crippen molar-refractivity contribution < 1.29 is 9.47 Å². The van der Waals surface area contributed by atoms with Crippen LogP contribution in [0.25, 0.3) is 5.69 Å². The first kappa shape index (κ1) is 14.5. The molecule has 24 heavy (non-hydrogen) atoms. The van der Waals surface area contributed by atoms with E-state index < -0.39 is 0 Å². The van der Waals surface area contributed by atoms with Gasteiger partial charge < -0.3 is 14.8 Å². The lowest BCUT2D eigenvalue weighted by atomic mass is 10.1. The normalized spacial score (nSPS) is 14.2. The van der Waals surface area contributed by atoms with Gasteiger partial charge in [-0.3, -0.25) is 0 Å². The molecule has 1 N–H and O–H groups in total. The highest BCUT2D eigenvalue weighted by Gasteiger charge is 2.16. The van der Waals surface area contributed by atoms with Crippen LogP contribution in [0.15, 0.2) is 48.5 Å². The van der Waals surface area contributed by atoms with Crippen LogP contribution in [0.2, 0.25) is 0 Å². The van der Waals surface area contributed by atoms with Gasteiger partial charge in [-0.15, -0.1) is 0 Å². The fraction of sp³-hybridized carbons (Fsp3) is 0.235. The first-order chi connectivity index (χ1) is 11.8. The predicted molar refractivity (Wildman–Crippen MR) is 88.6 cm³/mol. The minimum atomic E-state index is 0.00860. The molecule has 1 aromatic heterocycles. The average molecular weight is 323 g/mol. The lowest BCUT2D eigenvalue weighted by molar-refractivity contribution is 0.171. The molecule has 7 heteroatoms. The SMILES string of the molecule is C[C@@H](Nc1nnnn1-c1ccccc1)c1ccc2c(c1)OCCO2. The highest BCUT2D eigenvalue weighted by Crippen LogP contribution is 2.33. The maximum atomic E-state index is 5.64. The van der Waals surface area contributed by atoms with Gasteiger partial charge >= 0.3 is 0 Å². The second-order valence-electron chi connectivity index (χ2n) is 5.52. The van der Waals surface area contributed by atoms with Gasteiger partial charge in [-0.1, -0.05) is 29.4 Å². The Morgan fingerprint density at radius 3 is 2.67 bits per heavy atom. The van der Waals surface area contributed by atoms with Gasteiger partial charge in [0.25, 0.3) is 0 Å². The van der Waals surface area contributed by atoms with Crippen LogP contribution >= 0.6 is 0 Å². The van der Waals surface area contributed by atoms with Crippen LogP contribution in [0.5, 0.6) is 11.5 Å². The fourth-order valence-corrected chi connectivity index (χ4v) is 2.63. The van der Waals surface area contributed by atoms with Crippen molar-refractivity contribution in [3.05, 3.63) is 54.1 Å². The monoisotopic (exact) mass is 323 g/mol. The van der Waals surface area contributed by atoms with Gasteiger partial charge in [0.1, 0.15) is 13.2 Å². The number of para-hydroxylation sites is 1. The number of fused-ring (bicyclic) bond motifs is 1. The third-order valence-corrected chi connectivity index (χ3v) is 3.88. The molecule has 2 heterocycles. The molecule has 7 nitrogen and oxygen atoms in total. The van der Waals surface area contributed by atoms with Gasteiger partial charge in [-0.2, -0.15) is 4.68 Å². The number of tetrazole rings is 1. The standard InChI is InChI=1S/C17H17N5O2/c1-12(13-7-8-15-16(11-13)24-10-9-23-15)18-17-19-20-21-22(17)14-5-3-2-4-6-14/h2-8,11-12H,9-10H2,1H3,(H,18,19,21)/t12-/m1/s1. The van der Waals surface area contributed by atoms with Crippen molar-refractivity contribution in [2.75, 3.05) is 18.5 Å². The summed E-state index contributed by atoms with van der Waals surface area (Å²) in [6, 6.07) is 15.7. The molecule has 0 aliphatic carbocycles. The van der Waals surface area contributed by atoms with Gasteiger partial charge in [-0.05, 0) is 47.2 Å². The zero-order valence-corrected chi connectivity index (χ0v) is 13.2. The van der Waals surface area contributed by atoms with E-state index in [1.807, 2.05) is 48.5 Å². The number of anilines is 1. The molecule has 2 aromatic carbocycles. The minimum absolute atomic E-state index is 0.00860. The van der Waals surface area contributed by atoms with Crippen LogP contribution < -0.4 is 14.8 Å². The Balaban J connectivity index is 1.57. The summed E-state index contributed by atoms with van der Waals surface area (Å²) in [5, 5.41) is 15.2. The summed E-state index contributed by atoms with van der Waals surface area (Å²) in [7, 11) is 0. The van der Waals surface area contributed by atoms with Crippen molar-refractivity contribution >= 4 is 5.95 Å². The smallest absolute Gasteiger partial charge is 0.248 e. The molecule has 1 aliphatic rings. The molecular weight excluding hydrogens is 306 g/mol. The largest absolute Gasteiger partial charge is 0.486 e. The summed E-state index contributed by atoms with van der Waals surface area (Å²) < 4.78 is 12.9. The van der Waals surface area contributed by atoms with Crippen molar-refractivity contribution in [1.82, 2.24) is 20.2 Å². The van der Waals surface area contributed by atoms with Gasteiger partial charge in [0.05, 0.1) is 11.7 Å². The molecule has 0 spiro atoms. The van der Waals surface area contributed by atoms with E-state index in [0.717, 1.165) is 22.7 Å². The molecule has 0 unspecified atom stereocenters. The van der Waals surface area contributed by atoms with Crippen LogP contribution in [-0.4, -0.2) is 33.4 Å². The molecule has 3 aromatic rings.